The largest absolute Gasteiger partial charge is 0.481 e. The molecule has 0 spiro atoms. The Bertz CT molecular complexity index is 840. The second-order valence-electron chi connectivity index (χ2n) is 14.8. The molecule has 2 fully saturated rings. The molecular formula is C35H64F2O6Si. The van der Waals surface area contributed by atoms with Gasteiger partial charge in [0.05, 0.1) is 12.2 Å². The van der Waals surface area contributed by atoms with Gasteiger partial charge in [0.25, 0.3) is 5.92 Å². The van der Waals surface area contributed by atoms with Crippen LogP contribution in [0.5, 0.6) is 0 Å². The lowest BCUT2D eigenvalue weighted by Gasteiger charge is -2.40. The molecule has 1 aliphatic carbocycles. The highest BCUT2D eigenvalue weighted by Crippen LogP contribution is 2.43. The standard InChI is InChI=1S/C35H64F2O6Si/c1-7-8-9-17-24-35(36,37)31(43-44(5,6)34(2,3)4)23-22-28-27(19-14-12-10-11-13-15-20-32(39)40)29(38)26-30(28)42-33-21-16-18-25-41-33/h22-23,27-31,33,38H,7-21,24-26H2,1-6H3,(H,39,40)/t27?,28-,29?,30?,31?,33?/m1/s1. The highest BCUT2D eigenvalue weighted by atomic mass is 28.4. The minimum absolute atomic E-state index is 0.0847. The number of alkyl halides is 2. The summed E-state index contributed by atoms with van der Waals surface area (Å²) in [4.78, 5) is 10.7. The van der Waals surface area contributed by atoms with E-state index in [4.69, 9.17) is 19.0 Å². The van der Waals surface area contributed by atoms with Crippen LogP contribution in [-0.2, 0) is 18.7 Å². The minimum atomic E-state index is -2.99. The van der Waals surface area contributed by atoms with Gasteiger partial charge in [-0.2, -0.15) is 0 Å². The van der Waals surface area contributed by atoms with Gasteiger partial charge in [-0.15, -0.1) is 0 Å². The van der Waals surface area contributed by atoms with Crippen LogP contribution in [0.1, 0.15) is 137 Å². The van der Waals surface area contributed by atoms with E-state index in [-0.39, 0.29) is 42.1 Å². The van der Waals surface area contributed by atoms with Crippen LogP contribution < -0.4 is 0 Å². The van der Waals surface area contributed by atoms with E-state index in [1.165, 1.54) is 0 Å². The Kier molecular flexibility index (Phi) is 17.0. The summed E-state index contributed by atoms with van der Waals surface area (Å²) in [6.45, 7) is 13.0. The normalized spacial score (nSPS) is 26.0. The Morgan fingerprint density at radius 2 is 1.68 bits per heavy atom. The van der Waals surface area contributed by atoms with E-state index in [0.717, 1.165) is 77.0 Å². The molecule has 5 unspecified atom stereocenters. The predicted molar refractivity (Wildman–Crippen MR) is 176 cm³/mol. The van der Waals surface area contributed by atoms with Crippen molar-refractivity contribution in [3.8, 4) is 0 Å². The quantitative estimate of drug-likeness (QED) is 0.0734. The number of aliphatic hydroxyl groups excluding tert-OH is 1. The Morgan fingerprint density at radius 1 is 1.02 bits per heavy atom. The van der Waals surface area contributed by atoms with E-state index < -0.39 is 32.4 Å². The van der Waals surface area contributed by atoms with E-state index in [2.05, 4.69) is 27.7 Å². The molecule has 1 saturated heterocycles. The Labute approximate surface area is 267 Å². The first-order valence-electron chi connectivity index (χ1n) is 17.6. The van der Waals surface area contributed by atoms with Crippen LogP contribution in [0.15, 0.2) is 12.2 Å². The molecule has 0 aromatic heterocycles. The Hall–Kier alpha value is -0.873. The molecular weight excluding hydrogens is 582 g/mol. The van der Waals surface area contributed by atoms with Crippen LogP contribution in [0, 0.1) is 11.8 Å². The maximum absolute atomic E-state index is 15.9. The summed E-state index contributed by atoms with van der Waals surface area (Å²) in [5.74, 6) is -4.03. The number of carbonyl (C=O) groups is 1. The zero-order valence-electron chi connectivity index (χ0n) is 28.6. The molecule has 0 radical (unpaired) electrons. The molecule has 1 aliphatic heterocycles. The van der Waals surface area contributed by atoms with Gasteiger partial charge in [-0.3, -0.25) is 4.79 Å². The second-order valence-corrected chi connectivity index (χ2v) is 19.6. The number of carboxylic acids is 1. The molecule has 2 N–H and O–H groups in total. The zero-order chi connectivity index (χ0) is 32.8. The summed E-state index contributed by atoms with van der Waals surface area (Å²) in [6.07, 6.45) is 13.9. The second kappa shape index (κ2) is 19.1. The molecule has 258 valence electrons. The third kappa shape index (κ3) is 13.5. The molecule has 1 saturated carbocycles. The van der Waals surface area contributed by atoms with Crippen molar-refractivity contribution in [3.05, 3.63) is 12.2 Å². The summed E-state index contributed by atoms with van der Waals surface area (Å²) in [7, 11) is -2.50. The third-order valence-electron chi connectivity index (χ3n) is 10.1. The number of hydrogen-bond acceptors (Lipinski definition) is 5. The topological polar surface area (TPSA) is 85.2 Å². The number of aliphatic hydroxyl groups is 1. The van der Waals surface area contributed by atoms with Gasteiger partial charge in [-0.1, -0.05) is 91.2 Å². The van der Waals surface area contributed by atoms with Crippen molar-refractivity contribution in [1.29, 1.82) is 0 Å². The van der Waals surface area contributed by atoms with Gasteiger partial charge in [0, 0.05) is 31.8 Å². The van der Waals surface area contributed by atoms with Crippen molar-refractivity contribution in [2.45, 2.75) is 186 Å². The maximum Gasteiger partial charge on any atom is 0.303 e. The van der Waals surface area contributed by atoms with Crippen LogP contribution >= 0.6 is 0 Å². The summed E-state index contributed by atoms with van der Waals surface area (Å²) < 4.78 is 50.5. The van der Waals surface area contributed by atoms with Crippen molar-refractivity contribution in [1.82, 2.24) is 0 Å². The fourth-order valence-corrected chi connectivity index (χ4v) is 7.44. The number of rotatable bonds is 21. The monoisotopic (exact) mass is 646 g/mol. The minimum Gasteiger partial charge on any atom is -0.481 e. The molecule has 2 rings (SSSR count). The SMILES string of the molecule is CCCCCCC(F)(F)C(C=C[C@H]1C(OC2CCCCO2)CC(O)C1CCCCCCCCC(=O)O)O[Si](C)(C)C(C)(C)C. The molecule has 2 aliphatic rings. The van der Waals surface area contributed by atoms with E-state index in [1.807, 2.05) is 19.2 Å². The van der Waals surface area contributed by atoms with Crippen molar-refractivity contribution < 1.29 is 37.7 Å². The molecule has 9 heteroatoms. The number of aliphatic carboxylic acids is 1. The number of ether oxygens (including phenoxy) is 2. The lowest BCUT2D eigenvalue weighted by atomic mass is 9.87. The lowest BCUT2D eigenvalue weighted by molar-refractivity contribution is -0.193. The Morgan fingerprint density at radius 3 is 2.30 bits per heavy atom. The first-order valence-corrected chi connectivity index (χ1v) is 20.5. The number of carboxylic acid groups (broad SMARTS) is 1. The van der Waals surface area contributed by atoms with E-state index in [1.54, 1.807) is 6.08 Å². The van der Waals surface area contributed by atoms with E-state index in [0.29, 0.717) is 25.9 Å². The number of hydrogen-bond donors (Lipinski definition) is 2. The smallest absolute Gasteiger partial charge is 0.303 e. The van der Waals surface area contributed by atoms with Gasteiger partial charge in [0.15, 0.2) is 14.6 Å². The average molecular weight is 647 g/mol. The molecule has 1 heterocycles. The predicted octanol–water partition coefficient (Wildman–Crippen LogP) is 9.65. The van der Waals surface area contributed by atoms with Crippen LogP contribution in [0.3, 0.4) is 0 Å². The third-order valence-corrected chi connectivity index (χ3v) is 14.5. The number of unbranched alkanes of at least 4 members (excludes halogenated alkanes) is 8. The van der Waals surface area contributed by atoms with Crippen LogP contribution in [0.4, 0.5) is 8.78 Å². The van der Waals surface area contributed by atoms with Gasteiger partial charge in [-0.25, -0.2) is 8.78 Å². The molecule has 0 amide bonds. The van der Waals surface area contributed by atoms with Gasteiger partial charge in [0.1, 0.15) is 6.10 Å². The van der Waals surface area contributed by atoms with Crippen molar-refractivity contribution in [3.63, 3.8) is 0 Å². The van der Waals surface area contributed by atoms with Gasteiger partial charge >= 0.3 is 5.97 Å². The Balaban J connectivity index is 2.20. The lowest BCUT2D eigenvalue weighted by Crippen LogP contribution is -2.48. The van der Waals surface area contributed by atoms with Crippen molar-refractivity contribution in [2.24, 2.45) is 11.8 Å². The van der Waals surface area contributed by atoms with Crippen molar-refractivity contribution >= 4 is 14.3 Å². The molecule has 0 aromatic carbocycles. The van der Waals surface area contributed by atoms with Gasteiger partial charge in [-0.05, 0) is 62.6 Å². The zero-order valence-corrected chi connectivity index (χ0v) is 29.6. The first-order chi connectivity index (χ1) is 20.7. The van der Waals surface area contributed by atoms with Crippen LogP contribution in [-0.4, -0.2) is 61.6 Å². The molecule has 6 nitrogen and oxygen atoms in total. The first kappa shape index (κ1) is 39.3. The fraction of sp³-hybridized carbons (Fsp3) is 0.914. The highest BCUT2D eigenvalue weighted by Gasteiger charge is 2.47. The molecule has 0 bridgehead atoms. The average Bonchev–Trinajstić information content (AvgIpc) is 3.23. The summed E-state index contributed by atoms with van der Waals surface area (Å²) in [6, 6.07) is 0. The molecule has 6 atom stereocenters. The van der Waals surface area contributed by atoms with Gasteiger partial charge < -0.3 is 24.1 Å². The van der Waals surface area contributed by atoms with Gasteiger partial charge in [0.2, 0.25) is 0 Å². The molecule has 44 heavy (non-hydrogen) atoms. The summed E-state index contributed by atoms with van der Waals surface area (Å²) >= 11 is 0. The maximum atomic E-state index is 15.9. The summed E-state index contributed by atoms with van der Waals surface area (Å²) in [5, 5.41) is 19.8. The van der Waals surface area contributed by atoms with E-state index in [9.17, 15) is 9.90 Å². The fourth-order valence-electron chi connectivity index (χ4n) is 6.20. The van der Waals surface area contributed by atoms with Crippen molar-refractivity contribution in [2.75, 3.05) is 6.61 Å². The molecule has 0 aromatic rings. The van der Waals surface area contributed by atoms with E-state index >= 15 is 8.78 Å². The number of halogens is 2. The van der Waals surface area contributed by atoms with Crippen LogP contribution in [0.2, 0.25) is 18.1 Å². The highest BCUT2D eigenvalue weighted by molar-refractivity contribution is 6.74. The van der Waals surface area contributed by atoms with Crippen LogP contribution in [0.25, 0.3) is 0 Å². The summed E-state index contributed by atoms with van der Waals surface area (Å²) in [5.41, 5.74) is 0.